The number of aliphatic hydroxyl groups is 1. The van der Waals surface area contributed by atoms with Crippen LogP contribution in [0.15, 0.2) is 16.6 Å². The Morgan fingerprint density at radius 1 is 1.57 bits per heavy atom. The minimum atomic E-state index is -0.430. The third-order valence-electron chi connectivity index (χ3n) is 1.95. The molecule has 0 saturated heterocycles. The van der Waals surface area contributed by atoms with E-state index in [1.54, 1.807) is 13.0 Å². The number of halogens is 3. The van der Waals surface area contributed by atoms with E-state index in [-0.39, 0.29) is 5.02 Å². The lowest BCUT2D eigenvalue weighted by Gasteiger charge is -2.08. The molecule has 0 aliphatic carbocycles. The van der Waals surface area contributed by atoms with E-state index >= 15 is 0 Å². The predicted octanol–water partition coefficient (Wildman–Crippen LogP) is 3.56. The molecule has 0 fully saturated rings. The molecule has 0 bridgehead atoms. The van der Waals surface area contributed by atoms with Crippen LogP contribution in [0.1, 0.15) is 18.9 Å². The molecule has 1 aromatic carbocycles. The Bertz CT molecular complexity index is 328. The van der Waals surface area contributed by atoms with Crippen LogP contribution in [-0.4, -0.2) is 11.2 Å². The molecule has 0 spiro atoms. The average Bonchev–Trinajstić information content (AvgIpc) is 2.11. The standard InChI is InChI=1S/C10H11BrClFO/c1-6(14)2-3-7-8(11)4-5-9(12)10(7)13/h4-6,14H,2-3H2,1H3/t6-/m1/s1. The first kappa shape index (κ1) is 12.0. The summed E-state index contributed by atoms with van der Waals surface area (Å²) in [6, 6.07) is 3.22. The second-order valence-corrected chi connectivity index (χ2v) is 4.47. The molecule has 0 radical (unpaired) electrons. The molecule has 1 rings (SSSR count). The zero-order valence-electron chi connectivity index (χ0n) is 7.73. The largest absolute Gasteiger partial charge is 0.393 e. The summed E-state index contributed by atoms with van der Waals surface area (Å²) in [6.45, 7) is 1.68. The van der Waals surface area contributed by atoms with Gasteiger partial charge in [-0.05, 0) is 31.9 Å². The zero-order chi connectivity index (χ0) is 10.7. The van der Waals surface area contributed by atoms with Gasteiger partial charge < -0.3 is 5.11 Å². The van der Waals surface area contributed by atoms with Crippen molar-refractivity contribution in [2.45, 2.75) is 25.9 Å². The highest BCUT2D eigenvalue weighted by atomic mass is 79.9. The zero-order valence-corrected chi connectivity index (χ0v) is 10.1. The SMILES string of the molecule is C[C@@H](O)CCc1c(Br)ccc(Cl)c1F. The summed E-state index contributed by atoms with van der Waals surface area (Å²) in [5.41, 5.74) is 0.526. The molecule has 0 heterocycles. The molecule has 1 nitrogen and oxygen atoms in total. The molecule has 1 N–H and O–H groups in total. The molecule has 0 aromatic heterocycles. The van der Waals surface area contributed by atoms with Gasteiger partial charge in [-0.25, -0.2) is 4.39 Å². The Labute approximate surface area is 96.0 Å². The van der Waals surface area contributed by atoms with Gasteiger partial charge in [-0.3, -0.25) is 0 Å². The molecule has 1 atom stereocenters. The Hall–Kier alpha value is -0.120. The summed E-state index contributed by atoms with van der Waals surface area (Å²) in [5.74, 6) is -0.401. The smallest absolute Gasteiger partial charge is 0.146 e. The lowest BCUT2D eigenvalue weighted by atomic mass is 10.1. The van der Waals surface area contributed by atoms with Crippen LogP contribution >= 0.6 is 27.5 Å². The van der Waals surface area contributed by atoms with Crippen LogP contribution in [0.3, 0.4) is 0 Å². The Kier molecular flexibility index (Phi) is 4.35. The van der Waals surface area contributed by atoms with E-state index in [0.717, 1.165) is 0 Å². The maximum Gasteiger partial charge on any atom is 0.146 e. The molecule has 78 valence electrons. The van der Waals surface area contributed by atoms with Gasteiger partial charge >= 0.3 is 0 Å². The summed E-state index contributed by atoms with van der Waals surface area (Å²) >= 11 is 8.89. The topological polar surface area (TPSA) is 20.2 Å². The van der Waals surface area contributed by atoms with Crippen molar-refractivity contribution in [2.24, 2.45) is 0 Å². The quantitative estimate of drug-likeness (QED) is 0.840. The van der Waals surface area contributed by atoms with Crippen LogP contribution in [0, 0.1) is 5.82 Å². The van der Waals surface area contributed by atoms with Crippen LogP contribution in [0.25, 0.3) is 0 Å². The third-order valence-corrected chi connectivity index (χ3v) is 2.99. The van der Waals surface area contributed by atoms with Gasteiger partial charge in [-0.1, -0.05) is 27.5 Å². The predicted molar refractivity (Wildman–Crippen MR) is 59.1 cm³/mol. The van der Waals surface area contributed by atoms with Gasteiger partial charge in [0.05, 0.1) is 11.1 Å². The van der Waals surface area contributed by atoms with Crippen LogP contribution in [-0.2, 0) is 6.42 Å². The van der Waals surface area contributed by atoms with Crippen molar-refractivity contribution in [3.05, 3.63) is 33.0 Å². The fourth-order valence-corrected chi connectivity index (χ4v) is 1.83. The summed E-state index contributed by atoms with van der Waals surface area (Å²) in [6.07, 6.45) is 0.570. The van der Waals surface area contributed by atoms with Crippen LogP contribution in [0.5, 0.6) is 0 Å². The molecule has 0 saturated carbocycles. The van der Waals surface area contributed by atoms with E-state index in [1.807, 2.05) is 0 Å². The van der Waals surface area contributed by atoms with Crippen LogP contribution < -0.4 is 0 Å². The van der Waals surface area contributed by atoms with Gasteiger partial charge in [0.2, 0.25) is 0 Å². The van der Waals surface area contributed by atoms with Gasteiger partial charge in [0.15, 0.2) is 0 Å². The second kappa shape index (κ2) is 5.10. The minimum Gasteiger partial charge on any atom is -0.393 e. The first-order valence-electron chi connectivity index (χ1n) is 4.32. The number of hydrogen-bond donors (Lipinski definition) is 1. The maximum atomic E-state index is 13.5. The third kappa shape index (κ3) is 2.94. The van der Waals surface area contributed by atoms with E-state index in [1.165, 1.54) is 6.07 Å². The van der Waals surface area contributed by atoms with Crippen molar-refractivity contribution in [2.75, 3.05) is 0 Å². The normalized spacial score (nSPS) is 12.9. The summed E-state index contributed by atoms with van der Waals surface area (Å²) in [7, 11) is 0. The molecule has 0 unspecified atom stereocenters. The van der Waals surface area contributed by atoms with Crippen molar-refractivity contribution in [1.29, 1.82) is 0 Å². The van der Waals surface area contributed by atoms with Gasteiger partial charge in [0, 0.05) is 10.0 Å². The highest BCUT2D eigenvalue weighted by Gasteiger charge is 2.11. The van der Waals surface area contributed by atoms with E-state index < -0.39 is 11.9 Å². The summed E-state index contributed by atoms with van der Waals surface area (Å²) in [5, 5.41) is 9.21. The van der Waals surface area contributed by atoms with Gasteiger partial charge in [0.1, 0.15) is 5.82 Å². The molecule has 0 aliphatic rings. The van der Waals surface area contributed by atoms with E-state index in [9.17, 15) is 4.39 Å². The number of benzene rings is 1. The van der Waals surface area contributed by atoms with Crippen LogP contribution in [0.4, 0.5) is 4.39 Å². The van der Waals surface area contributed by atoms with Gasteiger partial charge in [-0.2, -0.15) is 0 Å². The Morgan fingerprint density at radius 3 is 2.79 bits per heavy atom. The van der Waals surface area contributed by atoms with E-state index in [0.29, 0.717) is 22.9 Å². The first-order chi connectivity index (χ1) is 6.52. The fourth-order valence-electron chi connectivity index (χ4n) is 1.15. The van der Waals surface area contributed by atoms with Gasteiger partial charge in [-0.15, -0.1) is 0 Å². The second-order valence-electron chi connectivity index (χ2n) is 3.21. The Balaban J connectivity index is 2.89. The van der Waals surface area contributed by atoms with Gasteiger partial charge in [0.25, 0.3) is 0 Å². The van der Waals surface area contributed by atoms with Crippen molar-refractivity contribution in [3.8, 4) is 0 Å². The van der Waals surface area contributed by atoms with Crippen LogP contribution in [0.2, 0.25) is 5.02 Å². The molecule has 1 aromatic rings. The Morgan fingerprint density at radius 2 is 2.21 bits per heavy atom. The number of rotatable bonds is 3. The highest BCUT2D eigenvalue weighted by Crippen LogP contribution is 2.27. The molecule has 4 heteroatoms. The monoisotopic (exact) mass is 280 g/mol. The van der Waals surface area contributed by atoms with Crippen molar-refractivity contribution >= 4 is 27.5 Å². The summed E-state index contributed by atoms with van der Waals surface area (Å²) < 4.78 is 14.2. The number of hydrogen-bond acceptors (Lipinski definition) is 1. The molecule has 0 aliphatic heterocycles. The molecule has 0 amide bonds. The molecular weight excluding hydrogens is 270 g/mol. The van der Waals surface area contributed by atoms with E-state index in [4.69, 9.17) is 16.7 Å². The highest BCUT2D eigenvalue weighted by molar-refractivity contribution is 9.10. The molecular formula is C10H11BrClFO. The number of aliphatic hydroxyl groups excluding tert-OH is 1. The maximum absolute atomic E-state index is 13.5. The van der Waals surface area contributed by atoms with Crippen molar-refractivity contribution in [3.63, 3.8) is 0 Å². The average molecular weight is 282 g/mol. The van der Waals surface area contributed by atoms with Crippen molar-refractivity contribution in [1.82, 2.24) is 0 Å². The summed E-state index contributed by atoms with van der Waals surface area (Å²) in [4.78, 5) is 0. The fraction of sp³-hybridized carbons (Fsp3) is 0.400. The minimum absolute atomic E-state index is 0.119. The van der Waals surface area contributed by atoms with Crippen molar-refractivity contribution < 1.29 is 9.50 Å². The first-order valence-corrected chi connectivity index (χ1v) is 5.50. The van der Waals surface area contributed by atoms with E-state index in [2.05, 4.69) is 15.9 Å². The molecule has 14 heavy (non-hydrogen) atoms. The lowest BCUT2D eigenvalue weighted by molar-refractivity contribution is 0.184. The lowest BCUT2D eigenvalue weighted by Crippen LogP contribution is -2.03.